The van der Waals surface area contributed by atoms with Crippen molar-refractivity contribution in [2.45, 2.75) is 6.61 Å². The quantitative estimate of drug-likeness (QED) is 0.560. The summed E-state index contributed by atoms with van der Waals surface area (Å²) in [5.74, 6) is 0.109. The van der Waals surface area contributed by atoms with Gasteiger partial charge in [0.25, 0.3) is 0 Å². The molecule has 0 saturated carbocycles. The number of nitro groups is 1. The maximum Gasteiger partial charge on any atom is 0.314 e. The van der Waals surface area contributed by atoms with Crippen LogP contribution >= 0.6 is 0 Å². The third-order valence-electron chi connectivity index (χ3n) is 1.93. The van der Waals surface area contributed by atoms with Gasteiger partial charge in [0.05, 0.1) is 19.1 Å². The Hall–Kier alpha value is -1.82. The molecule has 0 amide bonds. The lowest BCUT2D eigenvalue weighted by molar-refractivity contribution is -0.385. The molecule has 0 aliphatic carbocycles. The van der Waals surface area contributed by atoms with Crippen molar-refractivity contribution in [1.82, 2.24) is 0 Å². The number of rotatable bonds is 4. The van der Waals surface area contributed by atoms with Gasteiger partial charge in [0.15, 0.2) is 5.75 Å². The molecule has 81 valence electrons. The van der Waals surface area contributed by atoms with E-state index in [4.69, 9.17) is 9.47 Å². The van der Waals surface area contributed by atoms with Crippen LogP contribution in [0.25, 0.3) is 0 Å². The maximum atomic E-state index is 10.8. The molecule has 0 bridgehead atoms. The molecule has 0 aliphatic heterocycles. The summed E-state index contributed by atoms with van der Waals surface area (Å²) >= 11 is 0. The molecule has 15 heavy (non-hydrogen) atoms. The van der Waals surface area contributed by atoms with Gasteiger partial charge in [-0.3, -0.25) is 10.1 Å². The number of nitro benzene ring substituents is 1. The van der Waals surface area contributed by atoms with E-state index in [0.29, 0.717) is 5.56 Å². The Morgan fingerprint density at radius 3 is 2.27 bits per heavy atom. The summed E-state index contributed by atoms with van der Waals surface area (Å²) in [5.41, 5.74) is 0.117. The molecule has 0 fully saturated rings. The smallest absolute Gasteiger partial charge is 0.314 e. The van der Waals surface area contributed by atoms with Gasteiger partial charge in [-0.15, -0.1) is 0 Å². The minimum Gasteiger partial charge on any atom is -0.492 e. The summed E-state index contributed by atoms with van der Waals surface area (Å²) in [7, 11) is 2.63. The van der Waals surface area contributed by atoms with E-state index in [1.807, 2.05) is 0 Å². The fourth-order valence-corrected chi connectivity index (χ4v) is 1.27. The standard InChI is InChI=1S/C9H10NO5/c1-14-8-6(5-11)3-4-7(10(12)13)9(8)15-2/h3-4H,5H2,1-2H3. The van der Waals surface area contributed by atoms with Crippen molar-refractivity contribution in [3.63, 3.8) is 0 Å². The van der Waals surface area contributed by atoms with E-state index in [2.05, 4.69) is 0 Å². The van der Waals surface area contributed by atoms with Crippen molar-refractivity contribution in [2.24, 2.45) is 0 Å². The van der Waals surface area contributed by atoms with Gasteiger partial charge in [-0.2, -0.15) is 0 Å². The van der Waals surface area contributed by atoms with Crippen molar-refractivity contribution in [3.8, 4) is 11.5 Å². The zero-order valence-corrected chi connectivity index (χ0v) is 8.35. The lowest BCUT2D eigenvalue weighted by Crippen LogP contribution is -2.00. The Kier molecular flexibility index (Phi) is 3.46. The molecule has 0 spiro atoms. The predicted molar refractivity (Wildman–Crippen MR) is 50.6 cm³/mol. The molecule has 1 rings (SSSR count). The SMILES string of the molecule is COc1c(C[O])ccc([N+](=O)[O-])c1OC. The van der Waals surface area contributed by atoms with Crippen molar-refractivity contribution in [1.29, 1.82) is 0 Å². The molecule has 0 unspecified atom stereocenters. The highest BCUT2D eigenvalue weighted by Gasteiger charge is 2.22. The molecular formula is C9H10NO5. The van der Waals surface area contributed by atoms with Crippen LogP contribution in [0, 0.1) is 10.1 Å². The highest BCUT2D eigenvalue weighted by Crippen LogP contribution is 2.39. The monoisotopic (exact) mass is 212 g/mol. The van der Waals surface area contributed by atoms with E-state index in [1.54, 1.807) is 0 Å². The third-order valence-corrected chi connectivity index (χ3v) is 1.93. The molecular weight excluding hydrogens is 202 g/mol. The molecule has 0 N–H and O–H groups in total. The van der Waals surface area contributed by atoms with Crippen molar-refractivity contribution in [2.75, 3.05) is 14.2 Å². The van der Waals surface area contributed by atoms with Gasteiger partial charge in [-0.25, -0.2) is 5.11 Å². The second-order valence-electron chi connectivity index (χ2n) is 2.71. The van der Waals surface area contributed by atoms with Crippen LogP contribution in [0.15, 0.2) is 12.1 Å². The van der Waals surface area contributed by atoms with Gasteiger partial charge in [0, 0.05) is 11.6 Å². The Morgan fingerprint density at radius 2 is 1.87 bits per heavy atom. The molecule has 1 aromatic carbocycles. The summed E-state index contributed by atoms with van der Waals surface area (Å²) < 4.78 is 9.79. The van der Waals surface area contributed by atoms with E-state index in [0.717, 1.165) is 0 Å². The topological polar surface area (TPSA) is 81.5 Å². The second kappa shape index (κ2) is 4.61. The van der Waals surface area contributed by atoms with Crippen LogP contribution in [0.3, 0.4) is 0 Å². The summed E-state index contributed by atoms with van der Waals surface area (Å²) in [6, 6.07) is 2.60. The summed E-state index contributed by atoms with van der Waals surface area (Å²) in [4.78, 5) is 10.1. The molecule has 0 saturated heterocycles. The van der Waals surface area contributed by atoms with E-state index in [1.165, 1.54) is 26.4 Å². The molecule has 1 radical (unpaired) electrons. The van der Waals surface area contributed by atoms with Gasteiger partial charge < -0.3 is 9.47 Å². The Morgan fingerprint density at radius 1 is 1.27 bits per heavy atom. The van der Waals surface area contributed by atoms with Gasteiger partial charge in [0.2, 0.25) is 5.75 Å². The minimum absolute atomic E-state index is 0.0177. The van der Waals surface area contributed by atoms with Crippen molar-refractivity contribution < 1.29 is 19.5 Å². The number of hydrogen-bond acceptors (Lipinski definition) is 4. The molecule has 0 aliphatic rings. The summed E-state index contributed by atoms with van der Waals surface area (Å²) in [6.45, 7) is -0.516. The summed E-state index contributed by atoms with van der Waals surface area (Å²) in [6.07, 6.45) is 0. The zero-order valence-electron chi connectivity index (χ0n) is 8.35. The van der Waals surface area contributed by atoms with Crippen LogP contribution in [0.2, 0.25) is 0 Å². The molecule has 0 atom stereocenters. The number of methoxy groups -OCH3 is 2. The second-order valence-corrected chi connectivity index (χ2v) is 2.71. The fourth-order valence-electron chi connectivity index (χ4n) is 1.27. The Balaban J connectivity index is 3.40. The molecule has 0 aromatic heterocycles. The minimum atomic E-state index is -0.587. The van der Waals surface area contributed by atoms with E-state index in [-0.39, 0.29) is 17.2 Å². The van der Waals surface area contributed by atoms with Crippen LogP contribution in [-0.2, 0) is 11.7 Å². The van der Waals surface area contributed by atoms with Crippen molar-refractivity contribution in [3.05, 3.63) is 27.8 Å². The first kappa shape index (κ1) is 11.3. The molecule has 0 heterocycles. The molecule has 6 heteroatoms. The number of hydrogen-bond donors (Lipinski definition) is 0. The normalized spacial score (nSPS) is 9.80. The molecule has 6 nitrogen and oxygen atoms in total. The maximum absolute atomic E-state index is 10.8. The Bertz CT molecular complexity index is 377. The number of benzene rings is 1. The number of nitrogens with zero attached hydrogens (tertiary/aromatic N) is 1. The largest absolute Gasteiger partial charge is 0.492 e. The predicted octanol–water partition coefficient (Wildman–Crippen LogP) is 1.54. The first-order valence-electron chi connectivity index (χ1n) is 4.12. The van der Waals surface area contributed by atoms with Crippen LogP contribution in [-0.4, -0.2) is 19.1 Å². The lowest BCUT2D eigenvalue weighted by atomic mass is 10.1. The van der Waals surface area contributed by atoms with E-state index in [9.17, 15) is 15.2 Å². The van der Waals surface area contributed by atoms with E-state index >= 15 is 0 Å². The van der Waals surface area contributed by atoms with Gasteiger partial charge in [0.1, 0.15) is 6.61 Å². The van der Waals surface area contributed by atoms with E-state index < -0.39 is 11.5 Å². The van der Waals surface area contributed by atoms with Crippen LogP contribution in [0.4, 0.5) is 5.69 Å². The first-order chi connectivity index (χ1) is 7.15. The highest BCUT2D eigenvalue weighted by atomic mass is 16.6. The van der Waals surface area contributed by atoms with Crippen LogP contribution in [0.1, 0.15) is 5.56 Å². The van der Waals surface area contributed by atoms with Crippen molar-refractivity contribution >= 4 is 5.69 Å². The first-order valence-corrected chi connectivity index (χ1v) is 4.12. The van der Waals surface area contributed by atoms with Gasteiger partial charge in [-0.05, 0) is 6.07 Å². The zero-order chi connectivity index (χ0) is 11.4. The average molecular weight is 212 g/mol. The molecule has 1 aromatic rings. The highest BCUT2D eigenvalue weighted by molar-refractivity contribution is 5.59. The van der Waals surface area contributed by atoms with Gasteiger partial charge >= 0.3 is 5.69 Å². The summed E-state index contributed by atoms with van der Waals surface area (Å²) in [5, 5.41) is 21.4. The van der Waals surface area contributed by atoms with Crippen LogP contribution < -0.4 is 9.47 Å². The Labute approximate surface area is 86.2 Å². The number of ether oxygens (including phenoxy) is 2. The van der Waals surface area contributed by atoms with Gasteiger partial charge in [-0.1, -0.05) is 0 Å². The fraction of sp³-hybridized carbons (Fsp3) is 0.333. The van der Waals surface area contributed by atoms with Crippen LogP contribution in [0.5, 0.6) is 11.5 Å². The lowest BCUT2D eigenvalue weighted by Gasteiger charge is -2.10. The third kappa shape index (κ3) is 1.99. The average Bonchev–Trinajstić information content (AvgIpc) is 2.26.